The Morgan fingerprint density at radius 3 is 2.60 bits per heavy atom. The highest BCUT2D eigenvalue weighted by Gasteiger charge is 1.89. The summed E-state index contributed by atoms with van der Waals surface area (Å²) in [6.07, 6.45) is 7.06. The van der Waals surface area contributed by atoms with E-state index in [9.17, 15) is 0 Å². The molecule has 0 aromatic rings. The average Bonchev–Trinajstić information content (AvgIpc) is 1.99. The van der Waals surface area contributed by atoms with Gasteiger partial charge in [-0.2, -0.15) is 0 Å². The SMILES string of the molecule is CCC(C)/C=C/C(C)=C/N. The maximum atomic E-state index is 5.29. The van der Waals surface area contributed by atoms with Gasteiger partial charge in [0.1, 0.15) is 0 Å². The van der Waals surface area contributed by atoms with Gasteiger partial charge in [-0.05, 0) is 24.6 Å². The Kier molecular flexibility index (Phi) is 4.73. The molecule has 0 aliphatic rings. The molecule has 0 rings (SSSR count). The monoisotopic (exact) mass is 139 g/mol. The Balaban J connectivity index is 3.75. The molecular formula is C9H17N. The predicted octanol–water partition coefficient (Wildman–Crippen LogP) is 2.45. The summed E-state index contributed by atoms with van der Waals surface area (Å²) in [6.45, 7) is 6.37. The molecule has 0 aliphatic carbocycles. The summed E-state index contributed by atoms with van der Waals surface area (Å²) in [5, 5.41) is 0. The first-order chi connectivity index (χ1) is 4.70. The van der Waals surface area contributed by atoms with Crippen LogP contribution in [-0.2, 0) is 0 Å². The molecule has 0 amide bonds. The Morgan fingerprint density at radius 2 is 2.20 bits per heavy atom. The Morgan fingerprint density at radius 1 is 1.60 bits per heavy atom. The minimum Gasteiger partial charge on any atom is -0.404 e. The molecule has 0 saturated carbocycles. The van der Waals surface area contributed by atoms with E-state index >= 15 is 0 Å². The summed E-state index contributed by atoms with van der Waals surface area (Å²) in [5.74, 6) is 0.662. The summed E-state index contributed by atoms with van der Waals surface area (Å²) in [6, 6.07) is 0. The van der Waals surface area contributed by atoms with Gasteiger partial charge in [0.05, 0.1) is 0 Å². The first-order valence-corrected chi connectivity index (χ1v) is 3.77. The smallest absolute Gasteiger partial charge is 0.00327 e. The van der Waals surface area contributed by atoms with Crippen molar-refractivity contribution in [2.24, 2.45) is 11.7 Å². The highest BCUT2D eigenvalue weighted by molar-refractivity contribution is 5.14. The van der Waals surface area contributed by atoms with Gasteiger partial charge < -0.3 is 5.73 Å². The zero-order valence-electron chi connectivity index (χ0n) is 7.09. The molecule has 1 nitrogen and oxygen atoms in total. The number of rotatable bonds is 3. The van der Waals surface area contributed by atoms with E-state index < -0.39 is 0 Å². The lowest BCUT2D eigenvalue weighted by Gasteiger charge is -1.98. The van der Waals surface area contributed by atoms with E-state index in [1.807, 2.05) is 6.92 Å². The molecule has 0 aromatic heterocycles. The summed E-state index contributed by atoms with van der Waals surface area (Å²) in [4.78, 5) is 0. The average molecular weight is 139 g/mol. The molecule has 2 N–H and O–H groups in total. The fourth-order valence-electron chi connectivity index (χ4n) is 0.508. The third-order valence-electron chi connectivity index (χ3n) is 1.59. The van der Waals surface area contributed by atoms with Crippen LogP contribution in [0.3, 0.4) is 0 Å². The van der Waals surface area contributed by atoms with E-state index in [0.717, 1.165) is 5.57 Å². The van der Waals surface area contributed by atoms with Crippen LogP contribution in [0.2, 0.25) is 0 Å². The molecule has 0 fully saturated rings. The number of allylic oxidation sites excluding steroid dienone is 3. The second-order valence-corrected chi connectivity index (χ2v) is 2.66. The molecule has 1 heteroatoms. The minimum absolute atomic E-state index is 0.662. The predicted molar refractivity (Wildman–Crippen MR) is 46.5 cm³/mol. The van der Waals surface area contributed by atoms with E-state index in [4.69, 9.17) is 5.73 Å². The molecular weight excluding hydrogens is 122 g/mol. The van der Waals surface area contributed by atoms with Crippen molar-refractivity contribution in [3.63, 3.8) is 0 Å². The molecule has 0 aromatic carbocycles. The van der Waals surface area contributed by atoms with Crippen LogP contribution >= 0.6 is 0 Å². The minimum atomic E-state index is 0.662. The fraction of sp³-hybridized carbons (Fsp3) is 0.556. The van der Waals surface area contributed by atoms with Crippen molar-refractivity contribution in [2.45, 2.75) is 27.2 Å². The van der Waals surface area contributed by atoms with Crippen molar-refractivity contribution in [3.05, 3.63) is 23.9 Å². The lowest BCUT2D eigenvalue weighted by molar-refractivity contribution is 0.698. The normalized spacial score (nSPS) is 16.1. The van der Waals surface area contributed by atoms with Gasteiger partial charge in [-0.15, -0.1) is 0 Å². The molecule has 0 radical (unpaired) electrons. The lowest BCUT2D eigenvalue weighted by atomic mass is 10.1. The first kappa shape index (κ1) is 9.28. The van der Waals surface area contributed by atoms with E-state index in [1.165, 1.54) is 6.42 Å². The van der Waals surface area contributed by atoms with Gasteiger partial charge in [-0.1, -0.05) is 32.4 Å². The Labute approximate surface area is 63.6 Å². The highest BCUT2D eigenvalue weighted by atomic mass is 14.5. The van der Waals surface area contributed by atoms with Crippen molar-refractivity contribution in [1.29, 1.82) is 0 Å². The third kappa shape index (κ3) is 4.19. The van der Waals surface area contributed by atoms with E-state index in [1.54, 1.807) is 6.20 Å². The van der Waals surface area contributed by atoms with Crippen LogP contribution < -0.4 is 5.73 Å². The van der Waals surface area contributed by atoms with Gasteiger partial charge in [-0.25, -0.2) is 0 Å². The number of hydrogen-bond acceptors (Lipinski definition) is 1. The van der Waals surface area contributed by atoms with Crippen LogP contribution in [0.25, 0.3) is 0 Å². The van der Waals surface area contributed by atoms with Crippen LogP contribution in [0.1, 0.15) is 27.2 Å². The van der Waals surface area contributed by atoms with Crippen molar-refractivity contribution >= 4 is 0 Å². The van der Waals surface area contributed by atoms with Crippen LogP contribution in [0.4, 0.5) is 0 Å². The Hall–Kier alpha value is -0.720. The van der Waals surface area contributed by atoms with Crippen LogP contribution in [-0.4, -0.2) is 0 Å². The van der Waals surface area contributed by atoms with Crippen molar-refractivity contribution in [1.82, 2.24) is 0 Å². The lowest BCUT2D eigenvalue weighted by Crippen LogP contribution is -1.85. The van der Waals surface area contributed by atoms with Gasteiger partial charge in [0.25, 0.3) is 0 Å². The second-order valence-electron chi connectivity index (χ2n) is 2.66. The topological polar surface area (TPSA) is 26.0 Å². The molecule has 0 spiro atoms. The van der Waals surface area contributed by atoms with Gasteiger partial charge in [0.15, 0.2) is 0 Å². The number of hydrogen-bond donors (Lipinski definition) is 1. The molecule has 0 saturated heterocycles. The second kappa shape index (κ2) is 5.10. The first-order valence-electron chi connectivity index (χ1n) is 3.77. The molecule has 0 bridgehead atoms. The zero-order chi connectivity index (χ0) is 7.98. The summed E-state index contributed by atoms with van der Waals surface area (Å²) >= 11 is 0. The Bertz CT molecular complexity index is 134. The van der Waals surface area contributed by atoms with E-state index in [-0.39, 0.29) is 0 Å². The molecule has 0 aliphatic heterocycles. The maximum absolute atomic E-state index is 5.29. The van der Waals surface area contributed by atoms with E-state index in [0.29, 0.717) is 5.92 Å². The highest BCUT2D eigenvalue weighted by Crippen LogP contribution is 2.03. The van der Waals surface area contributed by atoms with Crippen molar-refractivity contribution in [2.75, 3.05) is 0 Å². The summed E-state index contributed by atoms with van der Waals surface area (Å²) in [5.41, 5.74) is 6.41. The molecule has 58 valence electrons. The quantitative estimate of drug-likeness (QED) is 0.597. The molecule has 1 unspecified atom stereocenters. The van der Waals surface area contributed by atoms with Crippen LogP contribution in [0, 0.1) is 5.92 Å². The largest absolute Gasteiger partial charge is 0.404 e. The van der Waals surface area contributed by atoms with Crippen LogP contribution in [0.5, 0.6) is 0 Å². The third-order valence-corrected chi connectivity index (χ3v) is 1.59. The van der Waals surface area contributed by atoms with Crippen molar-refractivity contribution < 1.29 is 0 Å². The summed E-state index contributed by atoms with van der Waals surface area (Å²) in [7, 11) is 0. The van der Waals surface area contributed by atoms with Gasteiger partial charge in [0.2, 0.25) is 0 Å². The van der Waals surface area contributed by atoms with Gasteiger partial charge >= 0.3 is 0 Å². The molecule has 0 heterocycles. The molecule has 10 heavy (non-hydrogen) atoms. The zero-order valence-corrected chi connectivity index (χ0v) is 7.09. The van der Waals surface area contributed by atoms with Crippen molar-refractivity contribution in [3.8, 4) is 0 Å². The molecule has 1 atom stereocenters. The van der Waals surface area contributed by atoms with Gasteiger partial charge in [0, 0.05) is 0 Å². The standard InChI is InChI=1S/C9H17N/c1-4-8(2)5-6-9(3)7-10/h5-8H,4,10H2,1-3H3/b6-5+,9-7+. The fourth-order valence-corrected chi connectivity index (χ4v) is 0.508. The van der Waals surface area contributed by atoms with Crippen LogP contribution in [0.15, 0.2) is 23.9 Å². The summed E-state index contributed by atoms with van der Waals surface area (Å²) < 4.78 is 0. The maximum Gasteiger partial charge on any atom is -0.00327 e. The number of nitrogens with two attached hydrogens (primary N) is 1. The van der Waals surface area contributed by atoms with Gasteiger partial charge in [-0.3, -0.25) is 0 Å². The van der Waals surface area contributed by atoms with E-state index in [2.05, 4.69) is 26.0 Å².